The van der Waals surface area contributed by atoms with Crippen molar-refractivity contribution >= 4 is 0 Å². The van der Waals surface area contributed by atoms with Crippen molar-refractivity contribution in [3.63, 3.8) is 0 Å². The molecule has 1 aliphatic carbocycles. The first kappa shape index (κ1) is 33.6. The van der Waals surface area contributed by atoms with E-state index in [1.54, 1.807) is 0 Å². The molecule has 230 valence electrons. The van der Waals surface area contributed by atoms with Gasteiger partial charge >= 0.3 is 0 Å². The van der Waals surface area contributed by atoms with Crippen molar-refractivity contribution in [1.29, 1.82) is 0 Å². The van der Waals surface area contributed by atoms with Crippen LogP contribution in [0.5, 0.6) is 0 Å². The third kappa shape index (κ3) is 12.1. The van der Waals surface area contributed by atoms with Crippen LogP contribution in [-0.2, 0) is 28.7 Å². The Morgan fingerprint density at radius 3 is 2.05 bits per heavy atom. The second-order valence-corrected chi connectivity index (χ2v) is 12.0. The van der Waals surface area contributed by atoms with Crippen molar-refractivity contribution in [3.8, 4) is 11.3 Å². The molecule has 1 aromatic heterocycles. The second-order valence-electron chi connectivity index (χ2n) is 12.0. The summed E-state index contributed by atoms with van der Waals surface area (Å²) < 4.78 is 41.9. The van der Waals surface area contributed by atoms with E-state index in [4.69, 9.17) is 9.47 Å². The maximum atomic E-state index is 15.2. The Kier molecular flexibility index (Phi) is 16.5. The van der Waals surface area contributed by atoms with Crippen molar-refractivity contribution in [3.05, 3.63) is 52.7 Å². The Labute approximate surface area is 248 Å². The first-order valence-corrected chi connectivity index (χ1v) is 16.7. The third-order valence-electron chi connectivity index (χ3n) is 8.51. The Bertz CT molecular complexity index is 979. The normalized spacial score (nSPS) is 14.9. The quantitative estimate of drug-likeness (QED) is 0.132. The lowest BCUT2D eigenvalue weighted by Crippen LogP contribution is -2.17. The highest BCUT2D eigenvalue weighted by molar-refractivity contribution is 5.63. The Balaban J connectivity index is 1.39. The van der Waals surface area contributed by atoms with E-state index in [9.17, 15) is 0 Å². The summed E-state index contributed by atoms with van der Waals surface area (Å²) >= 11 is 0. The molecule has 41 heavy (non-hydrogen) atoms. The van der Waals surface area contributed by atoms with Gasteiger partial charge in [0.2, 0.25) is 0 Å². The van der Waals surface area contributed by atoms with Crippen molar-refractivity contribution < 1.29 is 18.3 Å². The first-order valence-electron chi connectivity index (χ1n) is 16.7. The van der Waals surface area contributed by atoms with Crippen molar-refractivity contribution in [2.75, 3.05) is 26.4 Å². The number of unbranched alkanes of at least 4 members (excludes halogenated alkanes) is 9. The minimum atomic E-state index is -0.750. The number of rotatable bonds is 22. The van der Waals surface area contributed by atoms with Gasteiger partial charge in [-0.05, 0) is 92.5 Å². The van der Waals surface area contributed by atoms with E-state index in [1.807, 2.05) is 24.4 Å². The summed E-state index contributed by atoms with van der Waals surface area (Å²) in [6.07, 6.45) is 21.6. The predicted octanol–water partition coefficient (Wildman–Crippen LogP) is 10.2. The third-order valence-corrected chi connectivity index (χ3v) is 8.51. The Hall–Kier alpha value is -1.85. The summed E-state index contributed by atoms with van der Waals surface area (Å²) in [4.78, 5) is 4.52. The Morgan fingerprint density at radius 1 is 0.756 bits per heavy atom. The number of nitrogens with zero attached hydrogens (tertiary/aromatic N) is 1. The van der Waals surface area contributed by atoms with Crippen LogP contribution in [0.3, 0.4) is 0 Å². The molecule has 1 aliphatic rings. The average Bonchev–Trinajstić information content (AvgIpc) is 2.99. The topological polar surface area (TPSA) is 31.4 Å². The standard InChI is InChI=1S/C36H55F2NO2/c1-3-5-7-13-23-41-25-15-9-11-17-30-19-21-34(39-28-30)33-27-31-20-18-29(26-32(31)35(37)36(33)38)16-10-8-14-24-40-22-12-6-4-2/h19,21,27-29H,3-18,20,22-26H2,1-2H3. The molecule has 1 heterocycles. The van der Waals surface area contributed by atoms with Gasteiger partial charge in [-0.3, -0.25) is 4.98 Å². The van der Waals surface area contributed by atoms with Crippen LogP contribution in [0.1, 0.15) is 127 Å². The van der Waals surface area contributed by atoms with Crippen LogP contribution < -0.4 is 0 Å². The summed E-state index contributed by atoms with van der Waals surface area (Å²) in [5, 5.41) is 0. The molecule has 1 atom stereocenters. The fourth-order valence-electron chi connectivity index (χ4n) is 5.89. The molecule has 1 unspecified atom stereocenters. The number of hydrogen-bond acceptors (Lipinski definition) is 3. The number of aromatic nitrogens is 1. The average molecular weight is 572 g/mol. The first-order chi connectivity index (χ1) is 20.1. The molecule has 3 nitrogen and oxygen atoms in total. The summed E-state index contributed by atoms with van der Waals surface area (Å²) in [6.45, 7) is 7.85. The summed E-state index contributed by atoms with van der Waals surface area (Å²) in [6, 6.07) is 5.71. The molecule has 0 fully saturated rings. The lowest BCUT2D eigenvalue weighted by molar-refractivity contribution is 0.125. The van der Waals surface area contributed by atoms with Gasteiger partial charge in [0.25, 0.3) is 0 Å². The molecule has 0 radical (unpaired) electrons. The van der Waals surface area contributed by atoms with Gasteiger partial charge in [-0.15, -0.1) is 0 Å². The number of benzene rings is 1. The fourth-order valence-corrected chi connectivity index (χ4v) is 5.89. The van der Waals surface area contributed by atoms with Crippen molar-refractivity contribution in [1.82, 2.24) is 4.98 Å². The molecule has 0 saturated carbocycles. The zero-order valence-electron chi connectivity index (χ0n) is 26.0. The monoisotopic (exact) mass is 571 g/mol. The van der Waals surface area contributed by atoms with E-state index in [-0.39, 0.29) is 0 Å². The SMILES string of the molecule is CCCCCCOCCCCCc1ccc(-c2cc3c(c(F)c2F)CC(CCCCCOCCCCC)CC3)nc1. The van der Waals surface area contributed by atoms with Crippen LogP contribution in [0.15, 0.2) is 24.4 Å². The highest BCUT2D eigenvalue weighted by Crippen LogP contribution is 2.35. The molecule has 0 aliphatic heterocycles. The zero-order chi connectivity index (χ0) is 29.1. The summed E-state index contributed by atoms with van der Waals surface area (Å²) in [7, 11) is 0. The molecular weight excluding hydrogens is 516 g/mol. The molecular formula is C36H55F2NO2. The van der Waals surface area contributed by atoms with E-state index >= 15 is 8.78 Å². The Morgan fingerprint density at radius 2 is 1.39 bits per heavy atom. The maximum absolute atomic E-state index is 15.2. The molecule has 0 amide bonds. The van der Waals surface area contributed by atoms with Gasteiger partial charge in [-0.2, -0.15) is 0 Å². The van der Waals surface area contributed by atoms with Crippen LogP contribution in [0, 0.1) is 17.6 Å². The lowest BCUT2D eigenvalue weighted by atomic mass is 9.80. The van der Waals surface area contributed by atoms with Crippen LogP contribution in [0.4, 0.5) is 8.78 Å². The minimum absolute atomic E-state index is 0.293. The van der Waals surface area contributed by atoms with E-state index < -0.39 is 11.6 Å². The highest BCUT2D eigenvalue weighted by atomic mass is 19.2. The van der Waals surface area contributed by atoms with E-state index in [0.29, 0.717) is 29.2 Å². The van der Waals surface area contributed by atoms with Crippen LogP contribution in [0.25, 0.3) is 11.3 Å². The van der Waals surface area contributed by atoms with Crippen molar-refractivity contribution in [2.24, 2.45) is 5.92 Å². The highest BCUT2D eigenvalue weighted by Gasteiger charge is 2.26. The summed E-state index contributed by atoms with van der Waals surface area (Å²) in [5.41, 5.74) is 3.49. The van der Waals surface area contributed by atoms with Gasteiger partial charge in [-0.25, -0.2) is 8.78 Å². The van der Waals surface area contributed by atoms with Crippen molar-refractivity contribution in [2.45, 2.75) is 129 Å². The fraction of sp³-hybridized carbons (Fsp3) is 0.694. The molecule has 3 rings (SSSR count). The summed E-state index contributed by atoms with van der Waals surface area (Å²) in [5.74, 6) is -0.983. The largest absolute Gasteiger partial charge is 0.381 e. The predicted molar refractivity (Wildman–Crippen MR) is 166 cm³/mol. The lowest BCUT2D eigenvalue weighted by Gasteiger charge is -2.26. The van der Waals surface area contributed by atoms with Gasteiger partial charge in [0.15, 0.2) is 11.6 Å². The van der Waals surface area contributed by atoms with Gasteiger partial charge < -0.3 is 9.47 Å². The van der Waals surface area contributed by atoms with Gasteiger partial charge in [-0.1, -0.05) is 77.7 Å². The van der Waals surface area contributed by atoms with Gasteiger partial charge in [0.05, 0.1) is 5.69 Å². The number of pyridine rings is 1. The number of fused-ring (bicyclic) bond motifs is 1. The molecule has 0 N–H and O–H groups in total. The zero-order valence-corrected chi connectivity index (χ0v) is 26.0. The molecule has 0 spiro atoms. The molecule has 2 aromatic rings. The molecule has 0 bridgehead atoms. The van der Waals surface area contributed by atoms with Crippen LogP contribution in [0.2, 0.25) is 0 Å². The van der Waals surface area contributed by atoms with Crippen LogP contribution >= 0.6 is 0 Å². The number of halogens is 2. The van der Waals surface area contributed by atoms with Crippen LogP contribution in [-0.4, -0.2) is 31.4 Å². The maximum Gasteiger partial charge on any atom is 0.168 e. The second kappa shape index (κ2) is 20.1. The van der Waals surface area contributed by atoms with E-state index in [0.717, 1.165) is 115 Å². The molecule has 1 aromatic carbocycles. The van der Waals surface area contributed by atoms with E-state index in [1.165, 1.54) is 32.1 Å². The number of hydrogen-bond donors (Lipinski definition) is 0. The number of ether oxygens (including phenoxy) is 2. The van der Waals surface area contributed by atoms with E-state index in [2.05, 4.69) is 18.8 Å². The smallest absolute Gasteiger partial charge is 0.168 e. The van der Waals surface area contributed by atoms with Gasteiger partial charge in [0, 0.05) is 38.2 Å². The molecule has 0 saturated heterocycles. The van der Waals surface area contributed by atoms with Gasteiger partial charge in [0.1, 0.15) is 0 Å². The number of aryl methyl sites for hydroxylation is 2. The minimum Gasteiger partial charge on any atom is -0.381 e. The molecule has 5 heteroatoms.